The highest BCUT2D eigenvalue weighted by atomic mass is 79.9. The molecular weight excluding hydrogens is 328 g/mol. The summed E-state index contributed by atoms with van der Waals surface area (Å²) in [6.45, 7) is 1.90. The summed E-state index contributed by atoms with van der Waals surface area (Å²) in [7, 11) is 1.50. The summed E-state index contributed by atoms with van der Waals surface area (Å²) >= 11 is 3.04. The van der Waals surface area contributed by atoms with Gasteiger partial charge in [-0.05, 0) is 46.6 Å². The predicted molar refractivity (Wildman–Crippen MR) is 77.8 cm³/mol. The minimum absolute atomic E-state index is 0.176. The van der Waals surface area contributed by atoms with Crippen LogP contribution in [0.2, 0.25) is 0 Å². The Bertz CT molecular complexity index is 646. The maximum Gasteiger partial charge on any atom is 0.145 e. The highest BCUT2D eigenvalue weighted by Crippen LogP contribution is 2.33. The predicted octanol–water partition coefficient (Wildman–Crippen LogP) is 4.09. The van der Waals surface area contributed by atoms with Crippen LogP contribution in [0.1, 0.15) is 22.7 Å². The zero-order chi connectivity index (χ0) is 14.9. The molecule has 5 heteroatoms. The number of benzene rings is 2. The van der Waals surface area contributed by atoms with Crippen molar-refractivity contribution in [1.82, 2.24) is 0 Å². The van der Waals surface area contributed by atoms with Crippen LogP contribution in [-0.2, 0) is 0 Å². The molecular formula is C15H14BrF2NO. The molecule has 0 amide bonds. The molecule has 0 saturated heterocycles. The second-order valence-corrected chi connectivity index (χ2v) is 5.33. The van der Waals surface area contributed by atoms with Gasteiger partial charge in [0.25, 0.3) is 0 Å². The molecule has 0 radical (unpaired) electrons. The smallest absolute Gasteiger partial charge is 0.145 e. The maximum absolute atomic E-state index is 14.1. The lowest BCUT2D eigenvalue weighted by molar-refractivity contribution is 0.406. The summed E-state index contributed by atoms with van der Waals surface area (Å²) in [4.78, 5) is 0. The number of methoxy groups -OCH3 is 1. The molecule has 0 aliphatic rings. The number of nitrogens with two attached hydrogens (primary N) is 1. The van der Waals surface area contributed by atoms with E-state index in [9.17, 15) is 8.78 Å². The molecule has 0 fully saturated rings. The molecule has 0 aromatic heterocycles. The molecule has 2 aromatic rings. The summed E-state index contributed by atoms with van der Waals surface area (Å²) in [5, 5.41) is 0. The van der Waals surface area contributed by atoms with Gasteiger partial charge in [-0.3, -0.25) is 0 Å². The van der Waals surface area contributed by atoms with Gasteiger partial charge in [0.15, 0.2) is 0 Å². The van der Waals surface area contributed by atoms with E-state index < -0.39 is 17.7 Å². The monoisotopic (exact) mass is 341 g/mol. The van der Waals surface area contributed by atoms with Crippen molar-refractivity contribution < 1.29 is 13.5 Å². The fourth-order valence-electron chi connectivity index (χ4n) is 2.06. The molecule has 0 aliphatic carbocycles. The first-order chi connectivity index (χ1) is 9.45. The Hall–Kier alpha value is -1.46. The van der Waals surface area contributed by atoms with Crippen molar-refractivity contribution >= 4 is 15.9 Å². The molecule has 20 heavy (non-hydrogen) atoms. The van der Waals surface area contributed by atoms with Gasteiger partial charge in [-0.25, -0.2) is 8.78 Å². The van der Waals surface area contributed by atoms with Crippen LogP contribution in [0, 0.1) is 18.6 Å². The highest BCUT2D eigenvalue weighted by Gasteiger charge is 2.23. The van der Waals surface area contributed by atoms with Crippen LogP contribution in [0.15, 0.2) is 34.8 Å². The summed E-state index contributed by atoms with van der Waals surface area (Å²) in [6, 6.07) is 6.88. The van der Waals surface area contributed by atoms with E-state index in [-0.39, 0.29) is 10.0 Å². The quantitative estimate of drug-likeness (QED) is 0.853. The van der Waals surface area contributed by atoms with Crippen LogP contribution in [0.25, 0.3) is 0 Å². The fraction of sp³-hybridized carbons (Fsp3) is 0.200. The van der Waals surface area contributed by atoms with Crippen LogP contribution in [-0.4, -0.2) is 7.11 Å². The first-order valence-corrected chi connectivity index (χ1v) is 6.78. The van der Waals surface area contributed by atoms with E-state index in [0.29, 0.717) is 11.3 Å². The van der Waals surface area contributed by atoms with Crippen LogP contribution in [0.4, 0.5) is 8.78 Å². The fourth-order valence-corrected chi connectivity index (χ4v) is 2.40. The Morgan fingerprint density at radius 3 is 2.55 bits per heavy atom. The average molecular weight is 342 g/mol. The summed E-state index contributed by atoms with van der Waals surface area (Å²) < 4.78 is 33.4. The molecule has 1 atom stereocenters. The van der Waals surface area contributed by atoms with Crippen LogP contribution in [0.5, 0.6) is 5.75 Å². The number of halogens is 3. The van der Waals surface area contributed by atoms with E-state index in [0.717, 1.165) is 5.56 Å². The van der Waals surface area contributed by atoms with Gasteiger partial charge in [0, 0.05) is 11.1 Å². The zero-order valence-corrected chi connectivity index (χ0v) is 12.7. The second kappa shape index (κ2) is 5.89. The number of hydrogen-bond donors (Lipinski definition) is 1. The van der Waals surface area contributed by atoms with Crippen molar-refractivity contribution in [2.45, 2.75) is 13.0 Å². The van der Waals surface area contributed by atoms with E-state index in [1.165, 1.54) is 19.2 Å². The molecule has 0 spiro atoms. The van der Waals surface area contributed by atoms with Gasteiger partial charge < -0.3 is 10.5 Å². The summed E-state index contributed by atoms with van der Waals surface area (Å²) in [5.74, 6) is -0.864. The van der Waals surface area contributed by atoms with Gasteiger partial charge >= 0.3 is 0 Å². The van der Waals surface area contributed by atoms with Crippen molar-refractivity contribution in [2.75, 3.05) is 7.11 Å². The van der Waals surface area contributed by atoms with Crippen molar-refractivity contribution in [2.24, 2.45) is 5.73 Å². The molecule has 2 rings (SSSR count). The third-order valence-electron chi connectivity index (χ3n) is 3.11. The Labute approximate surface area is 124 Å². The van der Waals surface area contributed by atoms with Gasteiger partial charge in [-0.15, -0.1) is 0 Å². The van der Waals surface area contributed by atoms with Crippen molar-refractivity contribution in [3.63, 3.8) is 0 Å². The second-order valence-electron chi connectivity index (χ2n) is 4.48. The minimum atomic E-state index is -0.942. The third kappa shape index (κ3) is 2.69. The highest BCUT2D eigenvalue weighted by molar-refractivity contribution is 9.10. The molecule has 0 heterocycles. The standard InChI is InChI=1S/C15H14BrF2NO/c1-8-3-4-9(12(7-8)20-2)15(19)13-11(17)6-5-10(16)14(13)18/h3-7,15H,19H2,1-2H3. The third-order valence-corrected chi connectivity index (χ3v) is 3.73. The van der Waals surface area contributed by atoms with Crippen LogP contribution in [0.3, 0.4) is 0 Å². The van der Waals surface area contributed by atoms with Crippen LogP contribution >= 0.6 is 15.9 Å². The van der Waals surface area contributed by atoms with E-state index in [2.05, 4.69) is 15.9 Å². The molecule has 2 aromatic carbocycles. The largest absolute Gasteiger partial charge is 0.496 e. The van der Waals surface area contributed by atoms with Crippen molar-refractivity contribution in [3.8, 4) is 5.75 Å². The topological polar surface area (TPSA) is 35.2 Å². The zero-order valence-electron chi connectivity index (χ0n) is 11.1. The Kier molecular flexibility index (Phi) is 4.40. The van der Waals surface area contributed by atoms with Crippen molar-refractivity contribution in [1.29, 1.82) is 0 Å². The minimum Gasteiger partial charge on any atom is -0.496 e. The van der Waals surface area contributed by atoms with Gasteiger partial charge in [0.1, 0.15) is 17.4 Å². The van der Waals surface area contributed by atoms with Gasteiger partial charge in [-0.2, -0.15) is 0 Å². The lowest BCUT2D eigenvalue weighted by Crippen LogP contribution is -2.17. The van der Waals surface area contributed by atoms with Gasteiger partial charge in [-0.1, -0.05) is 12.1 Å². The average Bonchev–Trinajstić information content (AvgIpc) is 2.43. The first-order valence-electron chi connectivity index (χ1n) is 5.99. The normalized spacial score (nSPS) is 12.3. The van der Waals surface area contributed by atoms with E-state index >= 15 is 0 Å². The molecule has 0 aliphatic heterocycles. The van der Waals surface area contributed by atoms with Crippen LogP contribution < -0.4 is 10.5 Å². The first kappa shape index (κ1) is 14.9. The molecule has 2 nitrogen and oxygen atoms in total. The van der Waals surface area contributed by atoms with Gasteiger partial charge in [0.05, 0.1) is 17.6 Å². The lowest BCUT2D eigenvalue weighted by atomic mass is 9.96. The Morgan fingerprint density at radius 2 is 1.90 bits per heavy atom. The molecule has 0 saturated carbocycles. The Balaban J connectivity index is 2.57. The number of ether oxygens (including phenoxy) is 1. The SMILES string of the molecule is COc1cc(C)ccc1C(N)c1c(F)ccc(Br)c1F. The number of rotatable bonds is 3. The number of aryl methyl sites for hydroxylation is 1. The summed E-state index contributed by atoms with van der Waals surface area (Å²) in [5.41, 5.74) is 7.37. The number of hydrogen-bond acceptors (Lipinski definition) is 2. The van der Waals surface area contributed by atoms with E-state index in [1.807, 2.05) is 13.0 Å². The summed E-state index contributed by atoms with van der Waals surface area (Å²) in [6.07, 6.45) is 0. The van der Waals surface area contributed by atoms with Gasteiger partial charge in [0.2, 0.25) is 0 Å². The molecule has 1 unspecified atom stereocenters. The maximum atomic E-state index is 14.1. The lowest BCUT2D eigenvalue weighted by Gasteiger charge is -2.18. The molecule has 106 valence electrons. The van der Waals surface area contributed by atoms with E-state index in [1.54, 1.807) is 12.1 Å². The van der Waals surface area contributed by atoms with Crippen molar-refractivity contribution in [3.05, 3.63) is 63.1 Å². The molecule has 2 N–H and O–H groups in total. The van der Waals surface area contributed by atoms with E-state index in [4.69, 9.17) is 10.5 Å². The molecule has 0 bridgehead atoms. The Morgan fingerprint density at radius 1 is 1.20 bits per heavy atom.